The largest absolute Gasteiger partial charge is 1.00 e. The van der Waals surface area contributed by atoms with Crippen LogP contribution in [-0.2, 0) is 19.7 Å². The third kappa shape index (κ3) is 4.67. The van der Waals surface area contributed by atoms with Crippen LogP contribution in [0.15, 0.2) is 12.7 Å². The molecule has 4 nitrogen and oxygen atoms in total. The molecule has 0 spiro atoms. The average Bonchev–Trinajstić information content (AvgIpc) is 2.09. The van der Waals surface area contributed by atoms with Gasteiger partial charge in [0.25, 0.3) is 19.7 Å². The van der Waals surface area contributed by atoms with Crippen LogP contribution in [0.4, 0.5) is 26.3 Å². The molecule has 0 radical (unpaired) electrons. The number of rotatable bonds is 4. The van der Waals surface area contributed by atoms with Crippen LogP contribution in [-0.4, -0.2) is 32.4 Å². The van der Waals surface area contributed by atoms with Gasteiger partial charge in [-0.25, -0.2) is 16.8 Å². The Balaban J connectivity index is -0.00000144. The van der Waals surface area contributed by atoms with Gasteiger partial charge in [-0.1, -0.05) is 6.08 Å². The smallest absolute Gasteiger partial charge is 1.00 e. The van der Waals surface area contributed by atoms with E-state index in [0.29, 0.717) is 6.08 Å². The first-order valence-corrected chi connectivity index (χ1v) is 7.00. The van der Waals surface area contributed by atoms with E-state index >= 15 is 0 Å². The van der Waals surface area contributed by atoms with Crippen molar-refractivity contribution in [2.45, 2.75) is 22.0 Å². The van der Waals surface area contributed by atoms with E-state index < -0.39 is 41.7 Å². The summed E-state index contributed by atoms with van der Waals surface area (Å²) in [7, 11) is -13.0. The Morgan fingerprint density at radius 3 is 1.37 bits per heavy atom. The molecule has 19 heavy (non-hydrogen) atoms. The van der Waals surface area contributed by atoms with Crippen LogP contribution in [0.25, 0.3) is 0 Å². The molecule has 110 valence electrons. The molecule has 0 saturated carbocycles. The quantitative estimate of drug-likeness (QED) is 0.362. The minimum Gasteiger partial charge on any atom is -1.00 e. The fraction of sp³-hybridized carbons (Fsp3) is 0.667. The van der Waals surface area contributed by atoms with Gasteiger partial charge in [0.2, 0.25) is 0 Å². The Morgan fingerprint density at radius 2 is 1.21 bits per heavy atom. The average molecular weight is 360 g/mol. The van der Waals surface area contributed by atoms with Gasteiger partial charge in [-0.05, 0) is 6.42 Å². The number of hydrogen-bond donors (Lipinski definition) is 0. The van der Waals surface area contributed by atoms with Gasteiger partial charge >= 0.3 is 62.4 Å². The summed E-state index contributed by atoms with van der Waals surface area (Å²) < 4.78 is 112. The summed E-state index contributed by atoms with van der Waals surface area (Å²) in [4.78, 5) is 0. The summed E-state index contributed by atoms with van der Waals surface area (Å²) >= 11 is 0. The summed E-state index contributed by atoms with van der Waals surface area (Å²) in [6.07, 6.45) is -1.18. The van der Waals surface area contributed by atoms with Crippen molar-refractivity contribution in [1.82, 2.24) is 0 Å². The maximum Gasteiger partial charge on any atom is 1.00 e. The van der Waals surface area contributed by atoms with Crippen molar-refractivity contribution < 1.29 is 96.0 Å². The Kier molecular flexibility index (Phi) is 7.86. The van der Waals surface area contributed by atoms with E-state index in [9.17, 15) is 43.2 Å². The van der Waals surface area contributed by atoms with E-state index in [4.69, 9.17) is 0 Å². The Labute approximate surface area is 149 Å². The first kappa shape index (κ1) is 22.1. The summed E-state index contributed by atoms with van der Waals surface area (Å²) in [5.41, 5.74) is -12.2. The zero-order valence-electron chi connectivity index (χ0n) is 10.3. The SMILES string of the molecule is C=CCC(S(=O)(=O)C(F)(F)F)S(=O)(=O)C(F)(F)F.[H-].[K+]. The number of allylic oxidation sites excluding steroid dienone is 1. The second-order valence-electron chi connectivity index (χ2n) is 2.94. The zero-order valence-corrected chi connectivity index (χ0v) is 14.0. The molecule has 13 heteroatoms. The topological polar surface area (TPSA) is 68.3 Å². The molecule has 0 aromatic carbocycles. The van der Waals surface area contributed by atoms with Gasteiger partial charge in [-0.15, -0.1) is 6.58 Å². The van der Waals surface area contributed by atoms with Crippen molar-refractivity contribution in [1.29, 1.82) is 0 Å². The van der Waals surface area contributed by atoms with Crippen molar-refractivity contribution in [3.63, 3.8) is 0 Å². The molecular weight excluding hydrogens is 353 g/mol. The molecule has 0 aromatic heterocycles. The van der Waals surface area contributed by atoms with E-state index in [0.717, 1.165) is 0 Å². The van der Waals surface area contributed by atoms with Crippen molar-refractivity contribution >= 4 is 19.7 Å². The van der Waals surface area contributed by atoms with E-state index in [1.54, 1.807) is 0 Å². The van der Waals surface area contributed by atoms with E-state index in [2.05, 4.69) is 6.58 Å². The van der Waals surface area contributed by atoms with Gasteiger partial charge in [0.05, 0.1) is 0 Å². The third-order valence-electron chi connectivity index (χ3n) is 1.70. The number of halogens is 6. The minimum atomic E-state index is -6.52. The van der Waals surface area contributed by atoms with Crippen LogP contribution in [0.1, 0.15) is 7.85 Å². The van der Waals surface area contributed by atoms with Crippen LogP contribution >= 0.6 is 0 Å². The van der Waals surface area contributed by atoms with Crippen molar-refractivity contribution in [3.05, 3.63) is 12.7 Å². The molecule has 0 rings (SSSR count). The number of hydrogen-bond acceptors (Lipinski definition) is 4. The fourth-order valence-electron chi connectivity index (χ4n) is 0.854. The van der Waals surface area contributed by atoms with Gasteiger partial charge in [0, 0.05) is 0 Å². The minimum absolute atomic E-state index is 0. The molecule has 0 bridgehead atoms. The summed E-state index contributed by atoms with van der Waals surface area (Å²) in [5, 5.41) is 0. The van der Waals surface area contributed by atoms with Crippen LogP contribution in [0.3, 0.4) is 0 Å². The predicted molar refractivity (Wildman–Crippen MR) is 49.7 cm³/mol. The molecule has 0 saturated heterocycles. The van der Waals surface area contributed by atoms with Gasteiger partial charge < -0.3 is 1.43 Å². The maximum atomic E-state index is 12.1. The second kappa shape index (κ2) is 6.74. The van der Waals surface area contributed by atoms with E-state index in [-0.39, 0.29) is 52.8 Å². The van der Waals surface area contributed by atoms with E-state index in [1.165, 1.54) is 0 Å². The molecule has 0 atom stereocenters. The third-order valence-corrected chi connectivity index (χ3v) is 6.28. The second-order valence-corrected chi connectivity index (χ2v) is 7.48. The van der Waals surface area contributed by atoms with Crippen LogP contribution in [0, 0.1) is 0 Å². The van der Waals surface area contributed by atoms with Crippen molar-refractivity contribution in [2.24, 2.45) is 0 Å². The molecule has 0 heterocycles. The fourth-order valence-corrected chi connectivity index (χ4v) is 4.22. The van der Waals surface area contributed by atoms with Gasteiger partial charge in [0.1, 0.15) is 0 Å². The number of sulfone groups is 2. The van der Waals surface area contributed by atoms with Crippen LogP contribution in [0.5, 0.6) is 0 Å². The molecule has 0 aliphatic heterocycles. The van der Waals surface area contributed by atoms with Gasteiger partial charge in [-0.2, -0.15) is 26.3 Å². The normalized spacial score (nSPS) is 14.1. The first-order valence-electron chi connectivity index (χ1n) is 3.90. The molecule has 0 aliphatic carbocycles. The Morgan fingerprint density at radius 1 is 0.947 bits per heavy atom. The van der Waals surface area contributed by atoms with Crippen LogP contribution < -0.4 is 51.4 Å². The summed E-state index contributed by atoms with van der Waals surface area (Å²) in [5.74, 6) is 0. The Bertz CT molecular complexity index is 479. The van der Waals surface area contributed by atoms with Crippen LogP contribution in [0.2, 0.25) is 0 Å². The molecule has 0 unspecified atom stereocenters. The van der Waals surface area contributed by atoms with E-state index in [1.807, 2.05) is 0 Å². The van der Waals surface area contributed by atoms with Crippen molar-refractivity contribution in [3.8, 4) is 0 Å². The molecule has 0 aromatic rings. The Hall–Kier alpha value is 0.856. The molecule has 0 aliphatic rings. The van der Waals surface area contributed by atoms with Gasteiger partial charge in [0.15, 0.2) is 4.58 Å². The predicted octanol–water partition coefficient (Wildman–Crippen LogP) is -1.13. The summed E-state index contributed by atoms with van der Waals surface area (Å²) in [6, 6.07) is 0. The molecule has 0 amide bonds. The monoisotopic (exact) mass is 360 g/mol. The summed E-state index contributed by atoms with van der Waals surface area (Å²) in [6.45, 7) is 2.73. The molecule has 0 fully saturated rings. The number of alkyl halides is 6. The van der Waals surface area contributed by atoms with Crippen molar-refractivity contribution in [2.75, 3.05) is 0 Å². The molecule has 0 N–H and O–H groups in total. The first-order chi connectivity index (χ1) is 7.69. The molecular formula is C6H7F6KO4S2. The van der Waals surface area contributed by atoms with Gasteiger partial charge in [-0.3, -0.25) is 0 Å². The maximum absolute atomic E-state index is 12.1. The standard InChI is InChI=1S/C6H6F6O4S2.K.H/c1-2-3-4(17(13,14)5(7,8)9)18(15,16)6(10,11)12;;/h2,4H,1,3H2;;/q;+1;-1. The zero-order chi connectivity index (χ0) is 15.0.